The second-order valence-electron chi connectivity index (χ2n) is 5.93. The third-order valence-electron chi connectivity index (χ3n) is 3.92. The van der Waals surface area contributed by atoms with Crippen LogP contribution in [0.25, 0.3) is 22.1 Å². The van der Waals surface area contributed by atoms with Gasteiger partial charge in [-0.25, -0.2) is 9.97 Å². The molecule has 28 heavy (non-hydrogen) atoms. The van der Waals surface area contributed by atoms with Gasteiger partial charge in [-0.2, -0.15) is 10.1 Å². The van der Waals surface area contributed by atoms with Gasteiger partial charge in [-0.1, -0.05) is 23.7 Å². The Kier molecular flexibility index (Phi) is 5.23. The molecule has 0 saturated heterocycles. The lowest BCUT2D eigenvalue weighted by molar-refractivity contribution is 0.293. The van der Waals surface area contributed by atoms with Crippen LogP contribution in [0.3, 0.4) is 0 Å². The van der Waals surface area contributed by atoms with Crippen LogP contribution in [0, 0.1) is 0 Å². The predicted molar refractivity (Wildman–Crippen MR) is 108 cm³/mol. The number of rotatable bonds is 6. The molecule has 7 nitrogen and oxygen atoms in total. The lowest BCUT2D eigenvalue weighted by atomic mass is 10.2. The van der Waals surface area contributed by atoms with E-state index >= 15 is 0 Å². The number of hydrogen-bond acceptors (Lipinski definition) is 7. The van der Waals surface area contributed by atoms with E-state index in [0.717, 1.165) is 16.9 Å². The third-order valence-corrected chi connectivity index (χ3v) is 5.08. The Morgan fingerprint density at radius 3 is 2.61 bits per heavy atom. The molecular formula is C19H16ClN5O2S. The minimum atomic E-state index is 0.367. The Hall–Kier alpha value is -2.97. The molecule has 142 valence electrons. The fourth-order valence-electron chi connectivity index (χ4n) is 2.53. The second-order valence-corrected chi connectivity index (χ2v) is 7.18. The molecule has 0 radical (unpaired) electrons. The molecular weight excluding hydrogens is 398 g/mol. The van der Waals surface area contributed by atoms with Gasteiger partial charge in [-0.15, -0.1) is 11.3 Å². The van der Waals surface area contributed by atoms with Crippen molar-refractivity contribution in [3.63, 3.8) is 0 Å². The van der Waals surface area contributed by atoms with E-state index in [1.165, 1.54) is 11.3 Å². The quantitative estimate of drug-likeness (QED) is 0.470. The van der Waals surface area contributed by atoms with Crippen molar-refractivity contribution in [1.82, 2.24) is 24.7 Å². The molecule has 0 aliphatic heterocycles. The highest BCUT2D eigenvalue weighted by molar-refractivity contribution is 7.13. The summed E-state index contributed by atoms with van der Waals surface area (Å²) in [5.74, 6) is 1.71. The van der Waals surface area contributed by atoms with Crippen LogP contribution in [-0.2, 0) is 13.7 Å². The monoisotopic (exact) mass is 413 g/mol. The number of aryl methyl sites for hydroxylation is 1. The first-order chi connectivity index (χ1) is 13.6. The van der Waals surface area contributed by atoms with Crippen molar-refractivity contribution in [3.8, 4) is 33.7 Å². The molecule has 0 spiro atoms. The van der Waals surface area contributed by atoms with Gasteiger partial charge in [0, 0.05) is 30.3 Å². The van der Waals surface area contributed by atoms with E-state index in [-0.39, 0.29) is 0 Å². The number of nitrogens with zero attached hydrogens (tertiary/aromatic N) is 5. The van der Waals surface area contributed by atoms with Gasteiger partial charge in [-0.05, 0) is 17.7 Å². The van der Waals surface area contributed by atoms with Gasteiger partial charge in [0.05, 0.1) is 19.0 Å². The number of benzene rings is 1. The normalized spacial score (nSPS) is 10.8. The van der Waals surface area contributed by atoms with Gasteiger partial charge in [-0.3, -0.25) is 4.68 Å². The maximum Gasteiger partial charge on any atom is 0.217 e. The number of hydrogen-bond donors (Lipinski definition) is 0. The zero-order chi connectivity index (χ0) is 19.5. The topological polar surface area (TPSA) is 75.0 Å². The first kappa shape index (κ1) is 18.4. The van der Waals surface area contributed by atoms with Gasteiger partial charge < -0.3 is 9.47 Å². The zero-order valence-corrected chi connectivity index (χ0v) is 16.7. The molecule has 4 rings (SSSR count). The van der Waals surface area contributed by atoms with Crippen LogP contribution in [0.2, 0.25) is 5.15 Å². The third kappa shape index (κ3) is 4.13. The Morgan fingerprint density at radius 1 is 1.14 bits per heavy atom. The maximum absolute atomic E-state index is 5.97. The van der Waals surface area contributed by atoms with Crippen LogP contribution in [0.15, 0.2) is 48.1 Å². The number of methoxy groups -OCH3 is 1. The average molecular weight is 414 g/mol. The highest BCUT2D eigenvalue weighted by Gasteiger charge is 2.14. The number of aromatic nitrogens is 5. The maximum atomic E-state index is 5.97. The molecule has 0 saturated carbocycles. The van der Waals surface area contributed by atoms with Crippen molar-refractivity contribution >= 4 is 22.9 Å². The van der Waals surface area contributed by atoms with Crippen LogP contribution in [-0.4, -0.2) is 31.8 Å². The summed E-state index contributed by atoms with van der Waals surface area (Å²) in [5, 5.41) is 7.00. The Morgan fingerprint density at radius 2 is 1.96 bits per heavy atom. The molecule has 0 aliphatic rings. The van der Waals surface area contributed by atoms with E-state index in [0.29, 0.717) is 34.2 Å². The highest BCUT2D eigenvalue weighted by Crippen LogP contribution is 2.28. The zero-order valence-electron chi connectivity index (χ0n) is 15.2. The van der Waals surface area contributed by atoms with Crippen molar-refractivity contribution < 1.29 is 9.47 Å². The van der Waals surface area contributed by atoms with Crippen molar-refractivity contribution in [2.45, 2.75) is 6.61 Å². The lowest BCUT2D eigenvalue weighted by Gasteiger charge is -2.09. The van der Waals surface area contributed by atoms with Crippen LogP contribution in [0.5, 0.6) is 11.6 Å². The van der Waals surface area contributed by atoms with E-state index < -0.39 is 0 Å². The predicted octanol–water partition coefficient (Wildman–Crippen LogP) is 4.24. The molecule has 0 unspecified atom stereocenters. The summed E-state index contributed by atoms with van der Waals surface area (Å²) in [5.41, 5.74) is 2.57. The van der Waals surface area contributed by atoms with Crippen molar-refractivity contribution in [3.05, 3.63) is 58.8 Å². The molecule has 0 aliphatic carbocycles. The number of thiazole rings is 1. The molecule has 9 heteroatoms. The van der Waals surface area contributed by atoms with Gasteiger partial charge in [0.25, 0.3) is 0 Å². The van der Waals surface area contributed by atoms with E-state index in [2.05, 4.69) is 20.1 Å². The van der Waals surface area contributed by atoms with Gasteiger partial charge in [0.2, 0.25) is 5.88 Å². The lowest BCUT2D eigenvalue weighted by Crippen LogP contribution is -2.00. The summed E-state index contributed by atoms with van der Waals surface area (Å²) in [6.07, 6.45) is 3.63. The smallest absolute Gasteiger partial charge is 0.217 e. The van der Waals surface area contributed by atoms with E-state index in [9.17, 15) is 0 Å². The summed E-state index contributed by atoms with van der Waals surface area (Å²) in [6, 6.07) is 9.47. The molecule has 4 aromatic rings. The summed E-state index contributed by atoms with van der Waals surface area (Å²) >= 11 is 7.35. The molecule has 0 fully saturated rings. The molecule has 0 N–H and O–H groups in total. The van der Waals surface area contributed by atoms with Crippen LogP contribution in [0.1, 0.15) is 5.56 Å². The van der Waals surface area contributed by atoms with Crippen LogP contribution >= 0.6 is 22.9 Å². The largest absolute Gasteiger partial charge is 0.497 e. The SMILES string of the molecule is COc1ccc(COc2cc(-c3cnn(C)c3)nc(-c3nc(Cl)cs3)n2)cc1. The molecule has 0 bridgehead atoms. The van der Waals surface area contributed by atoms with E-state index in [1.807, 2.05) is 37.5 Å². The first-order valence-corrected chi connectivity index (χ1v) is 9.62. The Balaban J connectivity index is 1.64. The number of halogens is 1. The van der Waals surface area contributed by atoms with Gasteiger partial charge >= 0.3 is 0 Å². The minimum Gasteiger partial charge on any atom is -0.497 e. The van der Waals surface area contributed by atoms with E-state index in [1.54, 1.807) is 29.4 Å². The standard InChI is InChI=1S/C19H16ClN5O2S/c1-25-9-13(8-21-25)15-7-17(24-18(22-15)19-23-16(20)11-28-19)27-10-12-3-5-14(26-2)6-4-12/h3-9,11H,10H2,1-2H3. The number of ether oxygens (including phenoxy) is 2. The molecule has 0 atom stereocenters. The highest BCUT2D eigenvalue weighted by atomic mass is 35.5. The fraction of sp³-hybridized carbons (Fsp3) is 0.158. The molecule has 0 amide bonds. The second kappa shape index (κ2) is 7.95. The Bertz CT molecular complexity index is 1040. The van der Waals surface area contributed by atoms with Gasteiger partial charge in [0.1, 0.15) is 17.5 Å². The van der Waals surface area contributed by atoms with Gasteiger partial charge in [0.15, 0.2) is 10.8 Å². The Labute approximate surface area is 170 Å². The van der Waals surface area contributed by atoms with Crippen molar-refractivity contribution in [1.29, 1.82) is 0 Å². The van der Waals surface area contributed by atoms with Crippen LogP contribution in [0.4, 0.5) is 0 Å². The molecule has 1 aromatic carbocycles. The molecule has 3 heterocycles. The molecule has 3 aromatic heterocycles. The van der Waals surface area contributed by atoms with E-state index in [4.69, 9.17) is 21.1 Å². The average Bonchev–Trinajstić information content (AvgIpc) is 3.35. The summed E-state index contributed by atoms with van der Waals surface area (Å²) in [4.78, 5) is 13.4. The summed E-state index contributed by atoms with van der Waals surface area (Å²) < 4.78 is 12.8. The van der Waals surface area contributed by atoms with Crippen LogP contribution < -0.4 is 9.47 Å². The summed E-state index contributed by atoms with van der Waals surface area (Å²) in [6.45, 7) is 0.367. The van der Waals surface area contributed by atoms with Crippen molar-refractivity contribution in [2.24, 2.45) is 7.05 Å². The minimum absolute atomic E-state index is 0.367. The fourth-order valence-corrected chi connectivity index (χ4v) is 3.41. The van der Waals surface area contributed by atoms with Crippen molar-refractivity contribution in [2.75, 3.05) is 7.11 Å². The summed E-state index contributed by atoms with van der Waals surface area (Å²) in [7, 11) is 3.49. The first-order valence-electron chi connectivity index (χ1n) is 8.36.